The van der Waals surface area contributed by atoms with Crippen molar-refractivity contribution < 1.29 is 23.9 Å². The molecule has 8 nitrogen and oxygen atoms in total. The smallest absolute Gasteiger partial charge is 0.311 e. The molecule has 1 aromatic carbocycles. The molecule has 2 amide bonds. The fourth-order valence-corrected chi connectivity index (χ4v) is 4.49. The van der Waals surface area contributed by atoms with E-state index in [2.05, 4.69) is 10.3 Å². The van der Waals surface area contributed by atoms with Crippen LogP contribution in [0.5, 0.6) is 5.75 Å². The van der Waals surface area contributed by atoms with Crippen LogP contribution in [0.25, 0.3) is 0 Å². The van der Waals surface area contributed by atoms with Crippen LogP contribution in [-0.4, -0.2) is 54.8 Å². The Labute approximate surface area is 176 Å². The first-order chi connectivity index (χ1) is 14.0. The quantitative estimate of drug-likeness (QED) is 0.524. The van der Waals surface area contributed by atoms with Crippen LogP contribution < -0.4 is 15.0 Å². The average molecular weight is 436 g/mol. The van der Waals surface area contributed by atoms with Crippen molar-refractivity contribution in [2.24, 2.45) is 0 Å². The standard InChI is InChI=1S/C19H21N3O5S2/c1-3-26-17(24)8-12-10-28-19(21-12)29-11-16(23)22-9-15(18(25)20-2)27-14-7-5-4-6-13(14)22/h4-7,10,15H,3,8-9,11H2,1-2H3,(H,20,25). The average Bonchev–Trinajstić information content (AvgIpc) is 3.17. The summed E-state index contributed by atoms with van der Waals surface area (Å²) in [7, 11) is 1.53. The number of aromatic nitrogens is 1. The number of fused-ring (bicyclic) bond motifs is 1. The van der Waals surface area contributed by atoms with Gasteiger partial charge in [0.15, 0.2) is 10.4 Å². The van der Waals surface area contributed by atoms with E-state index in [1.54, 1.807) is 35.4 Å². The normalized spacial score (nSPS) is 15.2. The number of rotatable bonds is 7. The molecule has 154 valence electrons. The highest BCUT2D eigenvalue weighted by Crippen LogP contribution is 2.34. The summed E-state index contributed by atoms with van der Waals surface area (Å²) in [5.74, 6) is -0.108. The molecule has 0 fully saturated rings. The highest BCUT2D eigenvalue weighted by molar-refractivity contribution is 8.01. The number of hydrogen-bond donors (Lipinski definition) is 1. The summed E-state index contributed by atoms with van der Waals surface area (Å²) in [5, 5.41) is 4.34. The van der Waals surface area contributed by atoms with Gasteiger partial charge in [0, 0.05) is 12.4 Å². The van der Waals surface area contributed by atoms with Crippen molar-refractivity contribution >= 4 is 46.6 Å². The molecule has 1 aromatic heterocycles. The van der Waals surface area contributed by atoms with Crippen LogP contribution in [0.1, 0.15) is 12.6 Å². The minimum Gasteiger partial charge on any atom is -0.477 e. The number of esters is 1. The molecule has 0 saturated heterocycles. The van der Waals surface area contributed by atoms with E-state index < -0.39 is 6.10 Å². The molecule has 0 radical (unpaired) electrons. The van der Waals surface area contributed by atoms with Crippen LogP contribution in [0.3, 0.4) is 0 Å². The largest absolute Gasteiger partial charge is 0.477 e. The molecule has 10 heteroatoms. The number of thiazole rings is 1. The Balaban J connectivity index is 1.65. The second kappa shape index (κ2) is 9.75. The fourth-order valence-electron chi connectivity index (χ4n) is 2.77. The molecule has 3 rings (SSSR count). The molecule has 2 aromatic rings. The Hall–Kier alpha value is -2.59. The zero-order chi connectivity index (χ0) is 20.8. The number of carbonyl (C=O) groups is 3. The van der Waals surface area contributed by atoms with E-state index in [0.717, 1.165) is 0 Å². The second-order valence-electron chi connectivity index (χ2n) is 6.07. The Bertz CT molecular complexity index is 901. The van der Waals surface area contributed by atoms with Gasteiger partial charge in [-0.05, 0) is 19.1 Å². The van der Waals surface area contributed by atoms with Crippen molar-refractivity contribution in [2.75, 3.05) is 30.9 Å². The second-order valence-corrected chi connectivity index (χ2v) is 8.15. The van der Waals surface area contributed by atoms with E-state index >= 15 is 0 Å². The number of carbonyl (C=O) groups excluding carboxylic acids is 3. The van der Waals surface area contributed by atoms with Gasteiger partial charge >= 0.3 is 5.97 Å². The fraction of sp³-hybridized carbons (Fsp3) is 0.368. The van der Waals surface area contributed by atoms with Crippen LogP contribution in [0, 0.1) is 0 Å². The number of likely N-dealkylation sites (N-methyl/N-ethyl adjacent to an activating group) is 1. The molecule has 0 aliphatic carbocycles. The predicted octanol–water partition coefficient (Wildman–Crippen LogP) is 1.88. The highest BCUT2D eigenvalue weighted by Gasteiger charge is 2.33. The Morgan fingerprint density at radius 3 is 2.93 bits per heavy atom. The van der Waals surface area contributed by atoms with Gasteiger partial charge in [-0.15, -0.1) is 11.3 Å². The minimum atomic E-state index is -0.764. The lowest BCUT2D eigenvalue weighted by molar-refractivity contribution is -0.142. The molecule has 1 aliphatic rings. The molecule has 0 bridgehead atoms. The topological polar surface area (TPSA) is 97.8 Å². The number of anilines is 1. The number of para-hydroxylation sites is 2. The van der Waals surface area contributed by atoms with E-state index in [9.17, 15) is 14.4 Å². The molecule has 0 spiro atoms. The zero-order valence-corrected chi connectivity index (χ0v) is 17.7. The number of nitrogens with zero attached hydrogens (tertiary/aromatic N) is 2. The molecular weight excluding hydrogens is 414 g/mol. The van der Waals surface area contributed by atoms with Gasteiger partial charge in [0.05, 0.1) is 36.7 Å². The van der Waals surface area contributed by atoms with Crippen molar-refractivity contribution in [2.45, 2.75) is 23.8 Å². The summed E-state index contributed by atoms with van der Waals surface area (Å²) < 4.78 is 11.3. The Morgan fingerprint density at radius 2 is 2.17 bits per heavy atom. The van der Waals surface area contributed by atoms with Crippen LogP contribution in [-0.2, 0) is 25.5 Å². The molecule has 2 heterocycles. The highest BCUT2D eigenvalue weighted by atomic mass is 32.2. The van der Waals surface area contributed by atoms with Crippen molar-refractivity contribution in [1.29, 1.82) is 0 Å². The Morgan fingerprint density at radius 1 is 1.38 bits per heavy atom. The van der Waals surface area contributed by atoms with Gasteiger partial charge in [-0.3, -0.25) is 14.4 Å². The van der Waals surface area contributed by atoms with Crippen molar-refractivity contribution in [3.8, 4) is 5.75 Å². The summed E-state index contributed by atoms with van der Waals surface area (Å²) in [6.07, 6.45) is -0.649. The number of amides is 2. The number of thioether (sulfide) groups is 1. The minimum absolute atomic E-state index is 0.115. The lowest BCUT2D eigenvalue weighted by atomic mass is 10.2. The van der Waals surface area contributed by atoms with Crippen molar-refractivity contribution in [3.63, 3.8) is 0 Å². The van der Waals surface area contributed by atoms with Gasteiger partial charge in [0.2, 0.25) is 5.91 Å². The molecule has 0 saturated carbocycles. The summed E-state index contributed by atoms with van der Waals surface area (Å²) in [4.78, 5) is 42.4. The summed E-state index contributed by atoms with van der Waals surface area (Å²) in [6.45, 7) is 2.23. The van der Waals surface area contributed by atoms with E-state index in [0.29, 0.717) is 28.1 Å². The number of benzene rings is 1. The third kappa shape index (κ3) is 5.27. The molecule has 1 unspecified atom stereocenters. The van der Waals surface area contributed by atoms with Crippen LogP contribution in [0.2, 0.25) is 0 Å². The van der Waals surface area contributed by atoms with E-state index in [-0.39, 0.29) is 36.5 Å². The summed E-state index contributed by atoms with van der Waals surface area (Å²) in [6, 6.07) is 7.14. The number of hydrogen-bond acceptors (Lipinski definition) is 8. The first-order valence-corrected chi connectivity index (χ1v) is 10.9. The maximum Gasteiger partial charge on any atom is 0.311 e. The van der Waals surface area contributed by atoms with Gasteiger partial charge in [0.1, 0.15) is 5.75 Å². The van der Waals surface area contributed by atoms with Gasteiger partial charge < -0.3 is 19.7 Å². The van der Waals surface area contributed by atoms with Gasteiger partial charge in [-0.2, -0.15) is 0 Å². The SMILES string of the molecule is CCOC(=O)Cc1csc(SCC(=O)N2CC(C(=O)NC)Oc3ccccc32)n1. The first kappa shape index (κ1) is 21.1. The third-order valence-corrected chi connectivity index (χ3v) is 6.15. The van der Waals surface area contributed by atoms with E-state index in [1.165, 1.54) is 30.1 Å². The van der Waals surface area contributed by atoms with Crippen LogP contribution in [0.15, 0.2) is 34.0 Å². The van der Waals surface area contributed by atoms with Crippen molar-refractivity contribution in [3.05, 3.63) is 35.3 Å². The van der Waals surface area contributed by atoms with Crippen molar-refractivity contribution in [1.82, 2.24) is 10.3 Å². The summed E-state index contributed by atoms with van der Waals surface area (Å²) >= 11 is 2.67. The molecule has 1 N–H and O–H groups in total. The third-order valence-electron chi connectivity index (χ3n) is 4.09. The Kier molecular flexibility index (Phi) is 7.10. The maximum atomic E-state index is 12.9. The molecular formula is C19H21N3O5S2. The van der Waals surface area contributed by atoms with Crippen LogP contribution >= 0.6 is 23.1 Å². The molecule has 29 heavy (non-hydrogen) atoms. The molecule has 1 aliphatic heterocycles. The lowest BCUT2D eigenvalue weighted by Gasteiger charge is -2.33. The van der Waals surface area contributed by atoms with Gasteiger partial charge in [0.25, 0.3) is 5.91 Å². The predicted molar refractivity (Wildman–Crippen MR) is 110 cm³/mol. The van der Waals surface area contributed by atoms with Crippen LogP contribution in [0.4, 0.5) is 5.69 Å². The van der Waals surface area contributed by atoms with E-state index in [1.807, 2.05) is 6.07 Å². The monoisotopic (exact) mass is 435 g/mol. The number of ether oxygens (including phenoxy) is 2. The summed E-state index contributed by atoms with van der Waals surface area (Å²) in [5.41, 5.74) is 1.26. The first-order valence-electron chi connectivity index (χ1n) is 9.02. The molecule has 1 atom stereocenters. The van der Waals surface area contributed by atoms with E-state index in [4.69, 9.17) is 9.47 Å². The maximum absolute atomic E-state index is 12.9. The zero-order valence-electron chi connectivity index (χ0n) is 16.0. The van der Waals surface area contributed by atoms with Gasteiger partial charge in [-0.25, -0.2) is 4.98 Å². The lowest BCUT2D eigenvalue weighted by Crippen LogP contribution is -2.50. The van der Waals surface area contributed by atoms with Gasteiger partial charge in [-0.1, -0.05) is 23.9 Å². The number of nitrogens with one attached hydrogen (secondary N) is 1.